The van der Waals surface area contributed by atoms with Gasteiger partial charge in [-0.25, -0.2) is 4.99 Å². The van der Waals surface area contributed by atoms with E-state index in [1.807, 2.05) is 20.8 Å². The van der Waals surface area contributed by atoms with Crippen LogP contribution < -0.4 is 0 Å². The second-order valence-electron chi connectivity index (χ2n) is 2.27. The summed E-state index contributed by atoms with van der Waals surface area (Å²) in [4.78, 5) is 3.83. The van der Waals surface area contributed by atoms with Crippen molar-refractivity contribution in [3.8, 4) is 0 Å². The molecule has 0 saturated heterocycles. The first-order valence-corrected chi connectivity index (χ1v) is 3.84. The van der Waals surface area contributed by atoms with E-state index in [9.17, 15) is 0 Å². The summed E-state index contributed by atoms with van der Waals surface area (Å²) in [5.41, 5.74) is 0. The number of hydrogen-bond donors (Lipinski definition) is 0. The molecular formula is C7H13NOS. The Bertz CT molecular complexity index is 130. The average molecular weight is 159 g/mol. The Morgan fingerprint density at radius 1 is 1.60 bits per heavy atom. The molecule has 0 aromatic carbocycles. The monoisotopic (exact) mass is 159 g/mol. The Balaban J connectivity index is 3.71. The van der Waals surface area contributed by atoms with Crippen LogP contribution in [0.3, 0.4) is 0 Å². The van der Waals surface area contributed by atoms with Gasteiger partial charge < -0.3 is 4.74 Å². The summed E-state index contributed by atoms with van der Waals surface area (Å²) in [6, 6.07) is 0. The minimum Gasteiger partial charge on any atom is -0.353 e. The van der Waals surface area contributed by atoms with Crippen LogP contribution in [0.4, 0.5) is 0 Å². The lowest BCUT2D eigenvalue weighted by molar-refractivity contribution is 0.0120. The molecule has 0 bridgehead atoms. The maximum Gasteiger partial charge on any atom is 0.158 e. The zero-order valence-corrected chi connectivity index (χ0v) is 7.44. The first kappa shape index (κ1) is 9.76. The van der Waals surface area contributed by atoms with Gasteiger partial charge in [-0.1, -0.05) is 6.92 Å². The maximum absolute atomic E-state index is 5.34. The lowest BCUT2D eigenvalue weighted by Crippen LogP contribution is -2.14. The third-order valence-electron chi connectivity index (χ3n) is 0.975. The normalized spacial score (nSPS) is 12.8. The second kappa shape index (κ2) is 5.54. The molecule has 3 heteroatoms. The Morgan fingerprint density at radius 2 is 2.20 bits per heavy atom. The van der Waals surface area contributed by atoms with Gasteiger partial charge in [0, 0.05) is 0 Å². The van der Waals surface area contributed by atoms with Crippen molar-refractivity contribution in [2.45, 2.75) is 39.5 Å². The van der Waals surface area contributed by atoms with Crippen LogP contribution in [0.5, 0.6) is 0 Å². The van der Waals surface area contributed by atoms with Gasteiger partial charge in [-0.15, -0.1) is 0 Å². The van der Waals surface area contributed by atoms with Crippen LogP contribution in [0.25, 0.3) is 0 Å². The molecule has 0 saturated carbocycles. The number of isothiocyanates is 1. The molecule has 0 aromatic heterocycles. The minimum absolute atomic E-state index is 0.0995. The van der Waals surface area contributed by atoms with Crippen molar-refractivity contribution in [3.63, 3.8) is 0 Å². The molecule has 0 radical (unpaired) electrons. The molecular weight excluding hydrogens is 146 g/mol. The Labute approximate surface area is 67.3 Å². The summed E-state index contributed by atoms with van der Waals surface area (Å²) in [5, 5.41) is 2.31. The number of aliphatic imine (C=N–C) groups is 1. The van der Waals surface area contributed by atoms with E-state index in [4.69, 9.17) is 4.74 Å². The Kier molecular flexibility index (Phi) is 5.40. The largest absolute Gasteiger partial charge is 0.353 e. The number of hydrogen-bond acceptors (Lipinski definition) is 3. The van der Waals surface area contributed by atoms with Gasteiger partial charge in [-0.3, -0.25) is 0 Å². The fourth-order valence-electron chi connectivity index (χ4n) is 0.591. The lowest BCUT2D eigenvalue weighted by atomic mass is 10.4. The van der Waals surface area contributed by atoms with Crippen molar-refractivity contribution in [1.82, 2.24) is 0 Å². The first-order chi connectivity index (χ1) is 4.70. The van der Waals surface area contributed by atoms with E-state index < -0.39 is 0 Å². The molecule has 2 nitrogen and oxygen atoms in total. The Hall–Kier alpha value is -0.240. The molecule has 0 amide bonds. The summed E-state index contributed by atoms with van der Waals surface area (Å²) in [7, 11) is 0. The number of ether oxygens (including phenoxy) is 1. The molecule has 0 aliphatic rings. The van der Waals surface area contributed by atoms with Gasteiger partial charge in [0.05, 0.1) is 11.3 Å². The topological polar surface area (TPSA) is 21.6 Å². The van der Waals surface area contributed by atoms with Crippen LogP contribution >= 0.6 is 12.2 Å². The van der Waals surface area contributed by atoms with E-state index >= 15 is 0 Å². The van der Waals surface area contributed by atoms with Crippen LogP contribution in [0.2, 0.25) is 0 Å². The first-order valence-electron chi connectivity index (χ1n) is 3.43. The predicted molar refractivity (Wildman–Crippen MR) is 45.3 cm³/mol. The van der Waals surface area contributed by atoms with Gasteiger partial charge in [0.15, 0.2) is 6.23 Å². The van der Waals surface area contributed by atoms with Crippen LogP contribution in [0, 0.1) is 0 Å². The molecule has 1 unspecified atom stereocenters. The van der Waals surface area contributed by atoms with Crippen molar-refractivity contribution in [2.24, 2.45) is 4.99 Å². The molecule has 0 fully saturated rings. The van der Waals surface area contributed by atoms with Crippen LogP contribution in [0.15, 0.2) is 4.99 Å². The van der Waals surface area contributed by atoms with Gasteiger partial charge in [0.2, 0.25) is 0 Å². The van der Waals surface area contributed by atoms with Crippen molar-refractivity contribution < 1.29 is 4.74 Å². The fraction of sp³-hybridized carbons (Fsp3) is 0.857. The van der Waals surface area contributed by atoms with Crippen LogP contribution in [-0.4, -0.2) is 17.5 Å². The van der Waals surface area contributed by atoms with Gasteiger partial charge >= 0.3 is 0 Å². The van der Waals surface area contributed by atoms with Gasteiger partial charge in [0.1, 0.15) is 0 Å². The molecule has 0 aliphatic heterocycles. The molecule has 0 aliphatic carbocycles. The fourth-order valence-corrected chi connectivity index (χ4v) is 0.708. The van der Waals surface area contributed by atoms with E-state index in [2.05, 4.69) is 22.4 Å². The maximum atomic E-state index is 5.34. The average Bonchev–Trinajstić information content (AvgIpc) is 1.86. The molecule has 1 atom stereocenters. The highest BCUT2D eigenvalue weighted by Gasteiger charge is 2.04. The van der Waals surface area contributed by atoms with E-state index in [1.165, 1.54) is 0 Å². The summed E-state index contributed by atoms with van der Waals surface area (Å²) in [6.45, 7) is 5.95. The van der Waals surface area contributed by atoms with E-state index in [0.29, 0.717) is 0 Å². The van der Waals surface area contributed by atoms with Crippen molar-refractivity contribution in [2.75, 3.05) is 0 Å². The summed E-state index contributed by atoms with van der Waals surface area (Å²) < 4.78 is 5.34. The number of thiocarbonyl (C=S) groups is 1. The molecule has 0 N–H and O–H groups in total. The number of rotatable bonds is 4. The van der Waals surface area contributed by atoms with Gasteiger partial charge in [-0.05, 0) is 32.5 Å². The highest BCUT2D eigenvalue weighted by Crippen LogP contribution is 2.02. The van der Waals surface area contributed by atoms with Crippen LogP contribution in [0.1, 0.15) is 27.2 Å². The smallest absolute Gasteiger partial charge is 0.158 e. The van der Waals surface area contributed by atoms with Gasteiger partial charge in [-0.2, -0.15) is 0 Å². The highest BCUT2D eigenvalue weighted by molar-refractivity contribution is 7.78. The van der Waals surface area contributed by atoms with Crippen LogP contribution in [-0.2, 0) is 4.74 Å². The summed E-state index contributed by atoms with van der Waals surface area (Å²) in [5.74, 6) is 0. The molecule has 0 heterocycles. The molecule has 0 spiro atoms. The van der Waals surface area contributed by atoms with E-state index in [0.717, 1.165) is 6.42 Å². The Morgan fingerprint density at radius 3 is 2.50 bits per heavy atom. The predicted octanol–water partition coefficient (Wildman–Crippen LogP) is 2.25. The third kappa shape index (κ3) is 4.62. The quantitative estimate of drug-likeness (QED) is 0.463. The summed E-state index contributed by atoms with van der Waals surface area (Å²) in [6.07, 6.45) is 0.955. The molecule has 58 valence electrons. The number of nitrogens with zero attached hydrogens (tertiary/aromatic N) is 1. The standard InChI is InChI=1S/C7H13NOS/c1-4-7(8-5-10)9-6(2)3/h6-7H,4H2,1-3H3. The van der Waals surface area contributed by atoms with E-state index in [1.54, 1.807) is 0 Å². The minimum atomic E-state index is -0.0995. The van der Waals surface area contributed by atoms with Gasteiger partial charge in [0.25, 0.3) is 0 Å². The SMILES string of the molecule is CCC(N=C=S)OC(C)C. The second-order valence-corrected chi connectivity index (χ2v) is 2.45. The van der Waals surface area contributed by atoms with Crippen molar-refractivity contribution in [1.29, 1.82) is 0 Å². The van der Waals surface area contributed by atoms with E-state index in [-0.39, 0.29) is 12.3 Å². The highest BCUT2D eigenvalue weighted by atomic mass is 32.1. The van der Waals surface area contributed by atoms with Crippen molar-refractivity contribution >= 4 is 17.4 Å². The molecule has 10 heavy (non-hydrogen) atoms. The third-order valence-corrected chi connectivity index (χ3v) is 1.08. The molecule has 0 aromatic rings. The zero-order chi connectivity index (χ0) is 7.98. The molecule has 0 rings (SSSR count). The summed E-state index contributed by atoms with van der Waals surface area (Å²) >= 11 is 4.45. The van der Waals surface area contributed by atoms with Crippen molar-refractivity contribution in [3.05, 3.63) is 0 Å². The lowest BCUT2D eigenvalue weighted by Gasteiger charge is -2.12. The zero-order valence-electron chi connectivity index (χ0n) is 6.63.